The maximum atomic E-state index is 12.8. The Labute approximate surface area is 145 Å². The second-order valence-corrected chi connectivity index (χ2v) is 5.81. The van der Waals surface area contributed by atoms with E-state index < -0.39 is 17.8 Å². The van der Waals surface area contributed by atoms with E-state index in [1.54, 1.807) is 31.2 Å². The lowest BCUT2D eigenvalue weighted by atomic mass is 10.0. The molecular formula is C18H20N2O5. The molecule has 0 radical (unpaired) electrons. The van der Waals surface area contributed by atoms with Crippen LogP contribution in [0.25, 0.3) is 6.08 Å². The number of carbonyl (C=O) groups excluding carboxylic acids is 3. The summed E-state index contributed by atoms with van der Waals surface area (Å²) in [4.78, 5) is 40.2. The molecule has 0 saturated carbocycles. The van der Waals surface area contributed by atoms with Gasteiger partial charge in [0.25, 0.3) is 11.8 Å². The van der Waals surface area contributed by atoms with Gasteiger partial charge in [0.2, 0.25) is 0 Å². The summed E-state index contributed by atoms with van der Waals surface area (Å²) in [6.45, 7) is 2.92. The second-order valence-electron chi connectivity index (χ2n) is 5.81. The number of hydrogen-bond acceptors (Lipinski definition) is 5. The Morgan fingerprint density at radius 1 is 1.20 bits per heavy atom. The number of allylic oxidation sites excluding steroid dienone is 2. The molecule has 1 aromatic heterocycles. The van der Waals surface area contributed by atoms with E-state index in [0.29, 0.717) is 31.8 Å². The van der Waals surface area contributed by atoms with E-state index in [1.165, 1.54) is 17.2 Å². The van der Waals surface area contributed by atoms with Crippen LogP contribution < -0.4 is 0 Å². The predicted molar refractivity (Wildman–Crippen MR) is 89.3 cm³/mol. The highest BCUT2D eigenvalue weighted by molar-refractivity contribution is 6.29. The number of nitrogens with zero attached hydrogens (tertiary/aromatic N) is 2. The number of barbiturate groups is 1. The van der Waals surface area contributed by atoms with Crippen molar-refractivity contribution in [3.8, 4) is 0 Å². The fourth-order valence-corrected chi connectivity index (χ4v) is 2.98. The fraction of sp³-hybridized carbons (Fsp3) is 0.389. The Morgan fingerprint density at radius 2 is 1.96 bits per heavy atom. The van der Waals surface area contributed by atoms with Crippen molar-refractivity contribution in [1.82, 2.24) is 9.80 Å². The highest BCUT2D eigenvalue weighted by Gasteiger charge is 2.44. The van der Waals surface area contributed by atoms with Gasteiger partial charge >= 0.3 is 6.03 Å². The van der Waals surface area contributed by atoms with Crippen molar-refractivity contribution in [2.75, 3.05) is 19.8 Å². The molecule has 0 N–H and O–H groups in total. The summed E-state index contributed by atoms with van der Waals surface area (Å²) in [6, 6.07) is 2.72. The first-order valence-electron chi connectivity index (χ1n) is 8.32. The molecule has 0 bridgehead atoms. The van der Waals surface area contributed by atoms with Gasteiger partial charge in [-0.15, -0.1) is 0 Å². The molecule has 25 heavy (non-hydrogen) atoms. The standard InChI is InChI=1S/C18H20N2O5/c1-2-19-16(21)15(7-3-5-14-6-4-10-25-14)17(22)20(18(19)23)13-8-11-24-12-9-13/h3-7,10,13H,2,8-9,11-12H2,1H3. The molecular weight excluding hydrogens is 324 g/mol. The van der Waals surface area contributed by atoms with Gasteiger partial charge in [0.05, 0.1) is 6.26 Å². The molecule has 2 aliphatic rings. The third-order valence-corrected chi connectivity index (χ3v) is 4.30. The van der Waals surface area contributed by atoms with E-state index in [2.05, 4.69) is 0 Å². The number of ether oxygens (including phenoxy) is 1. The zero-order chi connectivity index (χ0) is 17.8. The van der Waals surface area contributed by atoms with Crippen LogP contribution in [0.1, 0.15) is 25.5 Å². The predicted octanol–water partition coefficient (Wildman–Crippen LogP) is 2.21. The van der Waals surface area contributed by atoms with Crippen LogP contribution >= 0.6 is 0 Å². The normalized spacial score (nSPS) is 21.8. The van der Waals surface area contributed by atoms with Crippen LogP contribution in [-0.2, 0) is 14.3 Å². The molecule has 2 aliphatic heterocycles. The number of furan rings is 1. The minimum atomic E-state index is -0.565. The van der Waals surface area contributed by atoms with E-state index in [1.807, 2.05) is 0 Å². The molecule has 7 nitrogen and oxygen atoms in total. The Balaban J connectivity index is 1.88. The first-order valence-corrected chi connectivity index (χ1v) is 8.32. The van der Waals surface area contributed by atoms with Gasteiger partial charge in [-0.05, 0) is 44.1 Å². The zero-order valence-corrected chi connectivity index (χ0v) is 14.0. The van der Waals surface area contributed by atoms with Crippen molar-refractivity contribution >= 4 is 23.9 Å². The van der Waals surface area contributed by atoms with E-state index in [4.69, 9.17) is 9.15 Å². The molecule has 0 spiro atoms. The summed E-state index contributed by atoms with van der Waals surface area (Å²) in [5, 5.41) is 0. The number of carbonyl (C=O) groups is 3. The third-order valence-electron chi connectivity index (χ3n) is 4.30. The topological polar surface area (TPSA) is 80.1 Å². The van der Waals surface area contributed by atoms with Crippen LogP contribution in [0, 0.1) is 0 Å². The molecule has 7 heteroatoms. The zero-order valence-electron chi connectivity index (χ0n) is 14.0. The number of likely N-dealkylation sites (N-methyl/N-ethyl adjacent to an activating group) is 1. The fourth-order valence-electron chi connectivity index (χ4n) is 2.98. The molecule has 4 amide bonds. The number of rotatable bonds is 4. The average Bonchev–Trinajstić information content (AvgIpc) is 3.13. The van der Waals surface area contributed by atoms with Gasteiger partial charge < -0.3 is 9.15 Å². The Bertz CT molecular complexity index is 714. The highest BCUT2D eigenvalue weighted by Crippen LogP contribution is 2.24. The largest absolute Gasteiger partial charge is 0.465 e. The Morgan fingerprint density at radius 3 is 2.60 bits per heavy atom. The SMILES string of the molecule is CCN1C(=O)C(=CC=Cc2ccco2)C(=O)N(C2CCOCC2)C1=O. The molecule has 0 unspecified atom stereocenters. The van der Waals surface area contributed by atoms with Gasteiger partial charge in [0, 0.05) is 25.8 Å². The number of urea groups is 1. The van der Waals surface area contributed by atoms with Gasteiger partial charge in [-0.3, -0.25) is 19.4 Å². The van der Waals surface area contributed by atoms with Gasteiger partial charge in [-0.25, -0.2) is 4.79 Å². The molecule has 3 rings (SSSR count). The smallest absolute Gasteiger partial charge is 0.334 e. The number of imide groups is 2. The van der Waals surface area contributed by atoms with Crippen molar-refractivity contribution in [1.29, 1.82) is 0 Å². The summed E-state index contributed by atoms with van der Waals surface area (Å²) in [7, 11) is 0. The molecule has 1 aromatic rings. The van der Waals surface area contributed by atoms with Crippen LogP contribution in [0.2, 0.25) is 0 Å². The molecule has 3 heterocycles. The lowest BCUT2D eigenvalue weighted by Crippen LogP contribution is -2.60. The molecule has 0 atom stereocenters. The molecule has 2 saturated heterocycles. The van der Waals surface area contributed by atoms with Gasteiger partial charge in [-0.2, -0.15) is 0 Å². The second kappa shape index (κ2) is 7.48. The lowest BCUT2D eigenvalue weighted by molar-refractivity contribution is -0.138. The van der Waals surface area contributed by atoms with E-state index in [0.717, 1.165) is 4.90 Å². The van der Waals surface area contributed by atoms with Crippen LogP contribution in [0.4, 0.5) is 4.79 Å². The van der Waals surface area contributed by atoms with E-state index >= 15 is 0 Å². The summed E-state index contributed by atoms with van der Waals surface area (Å²) >= 11 is 0. The summed E-state index contributed by atoms with van der Waals surface area (Å²) in [6.07, 6.45) is 7.37. The van der Waals surface area contributed by atoms with Gasteiger partial charge in [0.1, 0.15) is 11.3 Å². The molecule has 0 aromatic carbocycles. The minimum absolute atomic E-state index is 0.0178. The first kappa shape index (κ1) is 17.2. The Hall–Kier alpha value is -2.67. The van der Waals surface area contributed by atoms with Crippen molar-refractivity contribution in [2.45, 2.75) is 25.8 Å². The van der Waals surface area contributed by atoms with Crippen LogP contribution in [0.3, 0.4) is 0 Å². The van der Waals surface area contributed by atoms with Gasteiger partial charge in [-0.1, -0.05) is 6.08 Å². The monoisotopic (exact) mass is 344 g/mol. The number of hydrogen-bond donors (Lipinski definition) is 0. The lowest BCUT2D eigenvalue weighted by Gasteiger charge is -2.39. The van der Waals surface area contributed by atoms with E-state index in [9.17, 15) is 14.4 Å². The van der Waals surface area contributed by atoms with Crippen molar-refractivity contribution < 1.29 is 23.5 Å². The number of amides is 4. The summed E-state index contributed by atoms with van der Waals surface area (Å²) < 4.78 is 10.5. The van der Waals surface area contributed by atoms with Crippen LogP contribution in [-0.4, -0.2) is 53.4 Å². The average molecular weight is 344 g/mol. The van der Waals surface area contributed by atoms with Crippen LogP contribution in [0.15, 0.2) is 40.5 Å². The molecule has 132 valence electrons. The van der Waals surface area contributed by atoms with Crippen LogP contribution in [0.5, 0.6) is 0 Å². The van der Waals surface area contributed by atoms with Crippen molar-refractivity contribution in [3.63, 3.8) is 0 Å². The maximum absolute atomic E-state index is 12.8. The highest BCUT2D eigenvalue weighted by atomic mass is 16.5. The maximum Gasteiger partial charge on any atom is 0.334 e. The molecule has 0 aliphatic carbocycles. The quantitative estimate of drug-likeness (QED) is 0.618. The third kappa shape index (κ3) is 3.41. The van der Waals surface area contributed by atoms with Crippen molar-refractivity contribution in [2.24, 2.45) is 0 Å². The minimum Gasteiger partial charge on any atom is -0.465 e. The first-order chi connectivity index (χ1) is 12.1. The van der Waals surface area contributed by atoms with Crippen molar-refractivity contribution in [3.05, 3.63) is 41.9 Å². The Kier molecular flexibility index (Phi) is 5.14. The van der Waals surface area contributed by atoms with E-state index in [-0.39, 0.29) is 18.2 Å². The summed E-state index contributed by atoms with van der Waals surface area (Å²) in [5.74, 6) is -0.502. The summed E-state index contributed by atoms with van der Waals surface area (Å²) in [5.41, 5.74) is -0.0178. The molecule has 2 fully saturated rings. The van der Waals surface area contributed by atoms with Gasteiger partial charge in [0.15, 0.2) is 0 Å².